The van der Waals surface area contributed by atoms with Crippen LogP contribution in [0.15, 0.2) is 24.4 Å². The molecule has 1 aliphatic rings. The summed E-state index contributed by atoms with van der Waals surface area (Å²) in [6.45, 7) is 0.643. The van der Waals surface area contributed by atoms with Crippen LogP contribution in [0.2, 0.25) is 0 Å². The maximum Gasteiger partial charge on any atom is 0.366 e. The largest absolute Gasteiger partial charge is 0.366 e. The van der Waals surface area contributed by atoms with E-state index in [1.165, 1.54) is 28.1 Å². The molecular weight excluding hydrogens is 294 g/mol. The molecule has 0 aliphatic carbocycles. The second kappa shape index (κ2) is 6.25. The van der Waals surface area contributed by atoms with E-state index in [1.54, 1.807) is 14.1 Å². The topological polar surface area (TPSA) is 56.8 Å². The summed E-state index contributed by atoms with van der Waals surface area (Å²) < 4.78 is 28.4. The molecule has 0 aromatic carbocycles. The van der Waals surface area contributed by atoms with E-state index in [0.717, 1.165) is 11.0 Å². The normalized spacial score (nSPS) is 15.6. The Morgan fingerprint density at radius 2 is 1.73 bits per heavy atom. The number of hydrogen-bond acceptors (Lipinski definition) is 3. The molecule has 0 N–H and O–H groups in total. The van der Waals surface area contributed by atoms with Crippen molar-refractivity contribution in [1.29, 1.82) is 0 Å². The Balaban J connectivity index is 2.02. The number of alkyl halides is 2. The predicted molar refractivity (Wildman–Crippen MR) is 75.4 cm³/mol. The van der Waals surface area contributed by atoms with Gasteiger partial charge >= 0.3 is 12.0 Å². The van der Waals surface area contributed by atoms with E-state index >= 15 is 0 Å². The molecule has 0 atom stereocenters. The molecule has 8 heteroatoms. The minimum atomic E-state index is -3.66. The zero-order valence-corrected chi connectivity index (χ0v) is 12.5. The van der Waals surface area contributed by atoms with Crippen LogP contribution >= 0.6 is 0 Å². The summed E-state index contributed by atoms with van der Waals surface area (Å²) in [5.74, 6) is -4.93. The van der Waals surface area contributed by atoms with Crippen molar-refractivity contribution in [2.24, 2.45) is 0 Å². The first-order valence-electron chi connectivity index (χ1n) is 6.89. The van der Waals surface area contributed by atoms with Crippen LogP contribution in [0.3, 0.4) is 0 Å². The fourth-order valence-corrected chi connectivity index (χ4v) is 2.24. The fraction of sp³-hybridized carbons (Fsp3) is 0.500. The molecule has 22 heavy (non-hydrogen) atoms. The smallest absolute Gasteiger partial charge is 0.334 e. The Kier molecular flexibility index (Phi) is 4.58. The first-order chi connectivity index (χ1) is 10.3. The van der Waals surface area contributed by atoms with Gasteiger partial charge in [0, 0.05) is 46.5 Å². The molecular formula is C14H18F2N4O2. The van der Waals surface area contributed by atoms with Crippen LogP contribution in [0.5, 0.6) is 0 Å². The molecule has 1 aromatic heterocycles. The van der Waals surface area contributed by atoms with Crippen LogP contribution in [0.1, 0.15) is 5.69 Å². The van der Waals surface area contributed by atoms with Gasteiger partial charge in [-0.3, -0.25) is 9.78 Å². The van der Waals surface area contributed by atoms with Gasteiger partial charge in [-0.15, -0.1) is 0 Å². The maximum absolute atomic E-state index is 14.2. The summed E-state index contributed by atoms with van der Waals surface area (Å²) >= 11 is 0. The van der Waals surface area contributed by atoms with Crippen LogP contribution in [-0.2, 0) is 10.7 Å². The van der Waals surface area contributed by atoms with Gasteiger partial charge in [0.15, 0.2) is 0 Å². The lowest BCUT2D eigenvalue weighted by molar-refractivity contribution is -0.161. The quantitative estimate of drug-likeness (QED) is 0.818. The molecule has 0 saturated carbocycles. The van der Waals surface area contributed by atoms with E-state index < -0.39 is 17.5 Å². The highest BCUT2D eigenvalue weighted by atomic mass is 19.3. The minimum absolute atomic E-state index is 0.0842. The van der Waals surface area contributed by atoms with E-state index in [4.69, 9.17) is 0 Å². The second-order valence-corrected chi connectivity index (χ2v) is 5.25. The van der Waals surface area contributed by atoms with Crippen molar-refractivity contribution < 1.29 is 18.4 Å². The summed E-state index contributed by atoms with van der Waals surface area (Å²) in [7, 11) is 3.24. The molecule has 1 aliphatic heterocycles. The Labute approximate surface area is 127 Å². The molecule has 2 rings (SSSR count). The van der Waals surface area contributed by atoms with Gasteiger partial charge in [0.25, 0.3) is 5.91 Å². The standard InChI is InChI=1S/C14H18F2N4O2/c1-18(2)13(22)20-9-7-19(8-10-20)12(21)14(15,16)11-5-3-4-6-17-11/h3-6H,7-10H2,1-2H3. The van der Waals surface area contributed by atoms with Gasteiger partial charge in [0.1, 0.15) is 5.69 Å². The van der Waals surface area contributed by atoms with Crippen molar-refractivity contribution in [1.82, 2.24) is 19.7 Å². The monoisotopic (exact) mass is 312 g/mol. The number of carbonyl (C=O) groups excluding carboxylic acids is 2. The van der Waals surface area contributed by atoms with Gasteiger partial charge in [-0.05, 0) is 12.1 Å². The number of pyridine rings is 1. The van der Waals surface area contributed by atoms with Crippen molar-refractivity contribution in [3.63, 3.8) is 0 Å². The Hall–Kier alpha value is -2.25. The van der Waals surface area contributed by atoms with Crippen LogP contribution in [0.4, 0.5) is 13.6 Å². The number of carbonyl (C=O) groups is 2. The molecule has 1 aromatic rings. The van der Waals surface area contributed by atoms with Crippen LogP contribution in [-0.4, -0.2) is 71.9 Å². The third-order valence-corrected chi connectivity index (χ3v) is 3.48. The lowest BCUT2D eigenvalue weighted by Crippen LogP contribution is -2.55. The number of piperazine rings is 1. The summed E-state index contributed by atoms with van der Waals surface area (Å²) in [5.41, 5.74) is -0.563. The van der Waals surface area contributed by atoms with E-state index in [1.807, 2.05) is 0 Å². The number of halogens is 2. The summed E-state index contributed by atoms with van der Waals surface area (Å²) in [5, 5.41) is 0. The van der Waals surface area contributed by atoms with Gasteiger partial charge in [-0.2, -0.15) is 8.78 Å². The molecule has 3 amide bonds. The number of urea groups is 1. The van der Waals surface area contributed by atoms with Gasteiger partial charge in [0.2, 0.25) is 0 Å². The SMILES string of the molecule is CN(C)C(=O)N1CCN(C(=O)C(F)(F)c2ccccn2)CC1. The Morgan fingerprint density at radius 3 is 2.23 bits per heavy atom. The molecule has 1 fully saturated rings. The Bertz CT molecular complexity index is 543. The van der Waals surface area contributed by atoms with Gasteiger partial charge < -0.3 is 14.7 Å². The molecule has 0 spiro atoms. The first-order valence-corrected chi connectivity index (χ1v) is 6.89. The molecule has 1 saturated heterocycles. The highest BCUT2D eigenvalue weighted by Gasteiger charge is 2.46. The second-order valence-electron chi connectivity index (χ2n) is 5.25. The van der Waals surface area contributed by atoms with Crippen molar-refractivity contribution >= 4 is 11.9 Å². The van der Waals surface area contributed by atoms with Gasteiger partial charge in [-0.25, -0.2) is 4.79 Å². The third-order valence-electron chi connectivity index (χ3n) is 3.48. The summed E-state index contributed by atoms with van der Waals surface area (Å²) in [6.07, 6.45) is 1.23. The van der Waals surface area contributed by atoms with Crippen molar-refractivity contribution in [3.8, 4) is 0 Å². The Morgan fingerprint density at radius 1 is 1.14 bits per heavy atom. The molecule has 120 valence electrons. The van der Waals surface area contributed by atoms with E-state index in [2.05, 4.69) is 4.98 Å². The average molecular weight is 312 g/mol. The van der Waals surface area contributed by atoms with E-state index in [-0.39, 0.29) is 32.2 Å². The van der Waals surface area contributed by atoms with Crippen LogP contribution in [0.25, 0.3) is 0 Å². The fourth-order valence-electron chi connectivity index (χ4n) is 2.24. The van der Waals surface area contributed by atoms with Gasteiger partial charge in [0.05, 0.1) is 0 Å². The lowest BCUT2D eigenvalue weighted by Gasteiger charge is -2.37. The first kappa shape index (κ1) is 16.1. The predicted octanol–water partition coefficient (Wildman–Crippen LogP) is 0.999. The highest BCUT2D eigenvalue weighted by Crippen LogP contribution is 2.29. The zero-order valence-electron chi connectivity index (χ0n) is 12.5. The number of rotatable bonds is 2. The lowest BCUT2D eigenvalue weighted by atomic mass is 10.1. The average Bonchev–Trinajstić information content (AvgIpc) is 2.54. The maximum atomic E-state index is 14.2. The van der Waals surface area contributed by atoms with Crippen molar-refractivity contribution in [2.75, 3.05) is 40.3 Å². The number of amides is 3. The molecule has 0 radical (unpaired) electrons. The van der Waals surface area contributed by atoms with Crippen LogP contribution < -0.4 is 0 Å². The van der Waals surface area contributed by atoms with Crippen molar-refractivity contribution in [3.05, 3.63) is 30.1 Å². The minimum Gasteiger partial charge on any atom is -0.334 e. The summed E-state index contributed by atoms with van der Waals surface area (Å²) in [6, 6.07) is 3.86. The molecule has 2 heterocycles. The van der Waals surface area contributed by atoms with Crippen LogP contribution in [0, 0.1) is 0 Å². The zero-order chi connectivity index (χ0) is 16.3. The van der Waals surface area contributed by atoms with Crippen molar-refractivity contribution in [2.45, 2.75) is 5.92 Å². The van der Waals surface area contributed by atoms with E-state index in [9.17, 15) is 18.4 Å². The third kappa shape index (κ3) is 3.15. The highest BCUT2D eigenvalue weighted by molar-refractivity contribution is 5.84. The van der Waals surface area contributed by atoms with E-state index in [0.29, 0.717) is 0 Å². The molecule has 0 unspecified atom stereocenters. The number of hydrogen-bond donors (Lipinski definition) is 0. The molecule has 6 nitrogen and oxygen atoms in total. The number of nitrogens with zero attached hydrogens (tertiary/aromatic N) is 4. The molecule has 0 bridgehead atoms. The number of aromatic nitrogens is 1. The van der Waals surface area contributed by atoms with Gasteiger partial charge in [-0.1, -0.05) is 6.07 Å². The summed E-state index contributed by atoms with van der Waals surface area (Å²) in [4.78, 5) is 31.4.